The predicted octanol–water partition coefficient (Wildman–Crippen LogP) is 3.41. The van der Waals surface area contributed by atoms with Crippen molar-refractivity contribution in [1.29, 1.82) is 0 Å². The molecule has 0 bridgehead atoms. The first kappa shape index (κ1) is 12.5. The van der Waals surface area contributed by atoms with Crippen LogP contribution in [0.25, 0.3) is 11.0 Å². The fourth-order valence-corrected chi connectivity index (χ4v) is 2.56. The smallest absolute Gasteiger partial charge is 0.159 e. The lowest BCUT2D eigenvalue weighted by Gasteiger charge is -2.04. The van der Waals surface area contributed by atoms with Crippen LogP contribution in [0.2, 0.25) is 5.02 Å². The lowest BCUT2D eigenvalue weighted by atomic mass is 10.2. The molecule has 3 nitrogen and oxygen atoms in total. The van der Waals surface area contributed by atoms with Gasteiger partial charge in [-0.2, -0.15) is 0 Å². The molecule has 0 unspecified atom stereocenters. The first-order valence-electron chi connectivity index (χ1n) is 5.28. The molecule has 0 aliphatic rings. The second kappa shape index (κ2) is 4.35. The summed E-state index contributed by atoms with van der Waals surface area (Å²) in [4.78, 5) is 0. The Morgan fingerprint density at radius 1 is 1.29 bits per heavy atom. The van der Waals surface area contributed by atoms with E-state index in [2.05, 4.69) is 0 Å². The summed E-state index contributed by atoms with van der Waals surface area (Å²) in [5.74, 6) is 0.382. The molecule has 0 aliphatic carbocycles. The van der Waals surface area contributed by atoms with Gasteiger partial charge in [-0.1, -0.05) is 11.6 Å². The van der Waals surface area contributed by atoms with Crippen LogP contribution in [0.5, 0.6) is 0 Å². The van der Waals surface area contributed by atoms with Crippen molar-refractivity contribution < 1.29 is 12.8 Å². The van der Waals surface area contributed by atoms with Crippen LogP contribution in [0.3, 0.4) is 0 Å². The van der Waals surface area contributed by atoms with E-state index in [4.69, 9.17) is 16.0 Å². The van der Waals surface area contributed by atoms with E-state index in [1.165, 1.54) is 0 Å². The number of furan rings is 1. The van der Waals surface area contributed by atoms with E-state index in [0.29, 0.717) is 16.4 Å². The molecule has 0 amide bonds. The zero-order valence-electron chi connectivity index (χ0n) is 9.60. The van der Waals surface area contributed by atoms with Crippen LogP contribution in [0.4, 0.5) is 0 Å². The van der Waals surface area contributed by atoms with Gasteiger partial charge in [-0.05, 0) is 38.1 Å². The van der Waals surface area contributed by atoms with Gasteiger partial charge in [-0.3, -0.25) is 0 Å². The molecule has 0 radical (unpaired) electrons. The van der Waals surface area contributed by atoms with Crippen molar-refractivity contribution in [2.24, 2.45) is 0 Å². The van der Waals surface area contributed by atoms with E-state index in [1.54, 1.807) is 38.1 Å². The highest BCUT2D eigenvalue weighted by atomic mass is 35.5. The van der Waals surface area contributed by atoms with Crippen molar-refractivity contribution in [3.63, 3.8) is 0 Å². The largest absolute Gasteiger partial charge is 0.460 e. The second-order valence-corrected chi connectivity index (χ2v) is 7.24. The fourth-order valence-electron chi connectivity index (χ4n) is 1.51. The zero-order chi connectivity index (χ0) is 12.6. The van der Waals surface area contributed by atoms with E-state index < -0.39 is 15.1 Å². The quantitative estimate of drug-likeness (QED) is 0.860. The molecule has 92 valence electrons. The van der Waals surface area contributed by atoms with Crippen LogP contribution in [0, 0.1) is 0 Å². The van der Waals surface area contributed by atoms with Crippen LogP contribution in [0.1, 0.15) is 19.6 Å². The number of hydrogen-bond donors (Lipinski definition) is 0. The summed E-state index contributed by atoms with van der Waals surface area (Å²) >= 11 is 5.85. The van der Waals surface area contributed by atoms with Crippen LogP contribution >= 0.6 is 11.6 Å². The van der Waals surface area contributed by atoms with E-state index in [-0.39, 0.29) is 5.75 Å². The molecule has 1 aromatic carbocycles. The van der Waals surface area contributed by atoms with Crippen molar-refractivity contribution in [2.45, 2.75) is 24.9 Å². The van der Waals surface area contributed by atoms with Crippen LogP contribution < -0.4 is 0 Å². The number of fused-ring (bicyclic) bond motifs is 1. The molecule has 0 N–H and O–H groups in total. The third-order valence-electron chi connectivity index (χ3n) is 2.59. The highest BCUT2D eigenvalue weighted by molar-refractivity contribution is 7.91. The Morgan fingerprint density at radius 3 is 2.65 bits per heavy atom. The molecule has 0 saturated heterocycles. The first-order valence-corrected chi connectivity index (χ1v) is 7.37. The number of halogens is 1. The molecular weight excluding hydrogens is 260 g/mol. The number of hydrogen-bond acceptors (Lipinski definition) is 3. The topological polar surface area (TPSA) is 47.3 Å². The van der Waals surface area contributed by atoms with Gasteiger partial charge >= 0.3 is 0 Å². The minimum atomic E-state index is -3.14. The van der Waals surface area contributed by atoms with Crippen LogP contribution in [-0.4, -0.2) is 13.7 Å². The Balaban J connectivity index is 2.38. The summed E-state index contributed by atoms with van der Waals surface area (Å²) in [5.41, 5.74) is 0.656. The van der Waals surface area contributed by atoms with E-state index in [0.717, 1.165) is 5.39 Å². The molecule has 1 heterocycles. The third-order valence-corrected chi connectivity index (χ3v) is 4.95. The summed E-state index contributed by atoms with van der Waals surface area (Å²) in [6.45, 7) is 3.32. The van der Waals surface area contributed by atoms with E-state index in [9.17, 15) is 8.42 Å². The minimum Gasteiger partial charge on any atom is -0.460 e. The highest BCUT2D eigenvalue weighted by Crippen LogP contribution is 2.24. The number of rotatable bonds is 3. The van der Waals surface area contributed by atoms with Gasteiger partial charge in [0.05, 0.1) is 5.25 Å². The monoisotopic (exact) mass is 272 g/mol. The molecule has 0 spiro atoms. The number of benzene rings is 1. The highest BCUT2D eigenvalue weighted by Gasteiger charge is 2.19. The SMILES string of the molecule is CC(C)S(=O)(=O)Cc1cc2cc(Cl)ccc2o1. The van der Waals surface area contributed by atoms with Crippen molar-refractivity contribution >= 4 is 32.4 Å². The van der Waals surface area contributed by atoms with Gasteiger partial charge in [0.25, 0.3) is 0 Å². The summed E-state index contributed by atoms with van der Waals surface area (Å²) in [5, 5.41) is 1.03. The average molecular weight is 273 g/mol. The average Bonchev–Trinajstić information content (AvgIpc) is 2.57. The second-order valence-electron chi connectivity index (χ2n) is 4.25. The lowest BCUT2D eigenvalue weighted by Crippen LogP contribution is -2.15. The summed E-state index contributed by atoms with van der Waals surface area (Å²) in [7, 11) is -3.14. The van der Waals surface area contributed by atoms with Crippen molar-refractivity contribution in [1.82, 2.24) is 0 Å². The fraction of sp³-hybridized carbons (Fsp3) is 0.333. The van der Waals surface area contributed by atoms with Gasteiger partial charge in [-0.15, -0.1) is 0 Å². The molecule has 0 atom stereocenters. The predicted molar refractivity (Wildman–Crippen MR) is 69.0 cm³/mol. The van der Waals surface area contributed by atoms with Gasteiger partial charge in [0, 0.05) is 10.4 Å². The molecule has 0 saturated carbocycles. The number of sulfone groups is 1. The Bertz CT molecular complexity index is 641. The van der Waals surface area contributed by atoms with Gasteiger partial charge in [-0.25, -0.2) is 8.42 Å². The molecule has 2 rings (SSSR count). The van der Waals surface area contributed by atoms with Crippen LogP contribution in [0.15, 0.2) is 28.7 Å². The summed E-state index contributed by atoms with van der Waals surface area (Å²) < 4.78 is 29.0. The summed E-state index contributed by atoms with van der Waals surface area (Å²) in [6.07, 6.45) is 0. The van der Waals surface area contributed by atoms with Gasteiger partial charge < -0.3 is 4.42 Å². The van der Waals surface area contributed by atoms with Crippen molar-refractivity contribution in [3.05, 3.63) is 35.0 Å². The molecular formula is C12H13ClO3S. The maximum atomic E-state index is 11.8. The van der Waals surface area contributed by atoms with E-state index in [1.807, 2.05) is 0 Å². The Kier molecular flexibility index (Phi) is 3.19. The van der Waals surface area contributed by atoms with E-state index >= 15 is 0 Å². The minimum absolute atomic E-state index is 0.0725. The maximum absolute atomic E-state index is 11.8. The van der Waals surface area contributed by atoms with Crippen molar-refractivity contribution in [2.75, 3.05) is 0 Å². The van der Waals surface area contributed by atoms with Gasteiger partial charge in [0.1, 0.15) is 17.1 Å². The molecule has 0 aliphatic heterocycles. The van der Waals surface area contributed by atoms with Gasteiger partial charge in [0.2, 0.25) is 0 Å². The zero-order valence-corrected chi connectivity index (χ0v) is 11.2. The molecule has 1 aromatic heterocycles. The molecule has 0 fully saturated rings. The maximum Gasteiger partial charge on any atom is 0.159 e. The first-order chi connectivity index (χ1) is 7.88. The normalized spacial score (nSPS) is 12.5. The molecule has 5 heteroatoms. The lowest BCUT2D eigenvalue weighted by molar-refractivity contribution is 0.550. The van der Waals surface area contributed by atoms with Crippen LogP contribution in [-0.2, 0) is 15.6 Å². The summed E-state index contributed by atoms with van der Waals surface area (Å²) in [6, 6.07) is 6.93. The Labute approximate surface area is 105 Å². The Hall–Kier alpha value is -1.00. The molecule has 2 aromatic rings. The third kappa shape index (κ3) is 2.64. The van der Waals surface area contributed by atoms with Gasteiger partial charge in [0.15, 0.2) is 9.84 Å². The Morgan fingerprint density at radius 2 is 2.00 bits per heavy atom. The molecule has 17 heavy (non-hydrogen) atoms. The van der Waals surface area contributed by atoms with Crippen molar-refractivity contribution in [3.8, 4) is 0 Å². The standard InChI is InChI=1S/C12H13ClO3S/c1-8(2)17(14,15)7-11-6-9-5-10(13)3-4-12(9)16-11/h3-6,8H,7H2,1-2H3.